The molecule has 0 spiro atoms. The zero-order valence-electron chi connectivity index (χ0n) is 18.7. The summed E-state index contributed by atoms with van der Waals surface area (Å²) in [6.45, 7) is 4.55. The number of anilines is 2. The van der Waals surface area contributed by atoms with E-state index >= 15 is 0 Å². The molecule has 0 bridgehead atoms. The maximum atomic E-state index is 12.6. The monoisotopic (exact) mass is 431 g/mol. The molecule has 3 aromatic carbocycles. The van der Waals surface area contributed by atoms with E-state index in [0.717, 1.165) is 22.7 Å². The molecule has 0 saturated heterocycles. The first-order valence-electron chi connectivity index (χ1n) is 10.6. The van der Waals surface area contributed by atoms with Crippen LogP contribution in [0.1, 0.15) is 29.8 Å². The Morgan fingerprint density at radius 1 is 0.906 bits per heavy atom. The van der Waals surface area contributed by atoms with Crippen molar-refractivity contribution in [1.82, 2.24) is 5.32 Å². The smallest absolute Gasteiger partial charge is 0.258 e. The molecule has 166 valence electrons. The van der Waals surface area contributed by atoms with E-state index < -0.39 is 0 Å². The van der Waals surface area contributed by atoms with Crippen LogP contribution in [0.25, 0.3) is 0 Å². The molecule has 0 aromatic heterocycles. The van der Waals surface area contributed by atoms with Crippen molar-refractivity contribution in [3.05, 3.63) is 90.0 Å². The number of hydrogen-bond donors (Lipinski definition) is 2. The van der Waals surface area contributed by atoms with Crippen molar-refractivity contribution in [1.29, 1.82) is 0 Å². The molecule has 2 amide bonds. The van der Waals surface area contributed by atoms with Crippen molar-refractivity contribution >= 4 is 23.2 Å². The Bertz CT molecular complexity index is 1020. The fraction of sp³-hybridized carbons (Fsp3) is 0.231. The average molecular weight is 432 g/mol. The lowest BCUT2D eigenvalue weighted by Crippen LogP contribution is -2.29. The highest BCUT2D eigenvalue weighted by molar-refractivity contribution is 6.05. The van der Waals surface area contributed by atoms with E-state index in [1.54, 1.807) is 36.2 Å². The van der Waals surface area contributed by atoms with Gasteiger partial charge in [0, 0.05) is 30.5 Å². The SMILES string of the molecule is CC(C)Oc1ccc(CNC(=O)CNc2ccc(C(=O)N(C)c3ccccc3)cc2)cc1. The van der Waals surface area contributed by atoms with Gasteiger partial charge < -0.3 is 20.3 Å². The van der Waals surface area contributed by atoms with E-state index in [4.69, 9.17) is 4.74 Å². The molecule has 0 fully saturated rings. The maximum Gasteiger partial charge on any atom is 0.258 e. The number of rotatable bonds is 9. The third-order valence-corrected chi connectivity index (χ3v) is 4.82. The normalized spacial score (nSPS) is 10.5. The van der Waals surface area contributed by atoms with Gasteiger partial charge in [-0.3, -0.25) is 9.59 Å². The van der Waals surface area contributed by atoms with Crippen LogP contribution in [0.5, 0.6) is 5.75 Å². The zero-order valence-corrected chi connectivity index (χ0v) is 18.7. The number of nitrogens with zero attached hydrogens (tertiary/aromatic N) is 1. The van der Waals surface area contributed by atoms with Crippen molar-refractivity contribution in [2.75, 3.05) is 23.8 Å². The molecule has 0 radical (unpaired) electrons. The molecule has 3 aromatic rings. The highest BCUT2D eigenvalue weighted by Crippen LogP contribution is 2.17. The second kappa shape index (κ2) is 11.0. The first-order chi connectivity index (χ1) is 15.4. The summed E-state index contributed by atoms with van der Waals surface area (Å²) < 4.78 is 5.62. The van der Waals surface area contributed by atoms with E-state index in [1.807, 2.05) is 68.4 Å². The molecule has 0 heterocycles. The van der Waals surface area contributed by atoms with Gasteiger partial charge in [-0.25, -0.2) is 0 Å². The second-order valence-corrected chi connectivity index (χ2v) is 7.72. The Kier molecular flexibility index (Phi) is 7.86. The van der Waals surface area contributed by atoms with Crippen LogP contribution < -0.4 is 20.3 Å². The van der Waals surface area contributed by atoms with E-state index in [-0.39, 0.29) is 24.5 Å². The Morgan fingerprint density at radius 3 is 2.19 bits per heavy atom. The van der Waals surface area contributed by atoms with Crippen LogP contribution in [-0.4, -0.2) is 31.5 Å². The largest absolute Gasteiger partial charge is 0.491 e. The van der Waals surface area contributed by atoms with E-state index in [1.165, 1.54) is 0 Å². The van der Waals surface area contributed by atoms with Gasteiger partial charge in [0.2, 0.25) is 5.91 Å². The summed E-state index contributed by atoms with van der Waals surface area (Å²) in [5.41, 5.74) is 3.18. The summed E-state index contributed by atoms with van der Waals surface area (Å²) in [6.07, 6.45) is 0.128. The maximum absolute atomic E-state index is 12.6. The quantitative estimate of drug-likeness (QED) is 0.524. The number of carbonyl (C=O) groups is 2. The predicted molar refractivity (Wildman–Crippen MR) is 128 cm³/mol. The highest BCUT2D eigenvalue weighted by atomic mass is 16.5. The van der Waals surface area contributed by atoms with Crippen molar-refractivity contribution in [2.45, 2.75) is 26.5 Å². The second-order valence-electron chi connectivity index (χ2n) is 7.72. The number of hydrogen-bond acceptors (Lipinski definition) is 4. The van der Waals surface area contributed by atoms with Gasteiger partial charge in [-0.15, -0.1) is 0 Å². The molecule has 3 rings (SSSR count). The lowest BCUT2D eigenvalue weighted by atomic mass is 10.1. The number of para-hydroxylation sites is 1. The minimum Gasteiger partial charge on any atom is -0.491 e. The Hall–Kier alpha value is -3.80. The molecular weight excluding hydrogens is 402 g/mol. The molecule has 0 aliphatic rings. The topological polar surface area (TPSA) is 70.7 Å². The van der Waals surface area contributed by atoms with Gasteiger partial charge in [0.15, 0.2) is 0 Å². The van der Waals surface area contributed by atoms with Crippen molar-refractivity contribution in [2.24, 2.45) is 0 Å². The van der Waals surface area contributed by atoms with Crippen LogP contribution in [-0.2, 0) is 11.3 Å². The van der Waals surface area contributed by atoms with Gasteiger partial charge >= 0.3 is 0 Å². The van der Waals surface area contributed by atoms with Crippen LogP contribution >= 0.6 is 0 Å². The van der Waals surface area contributed by atoms with Gasteiger partial charge in [-0.1, -0.05) is 30.3 Å². The number of nitrogens with one attached hydrogen (secondary N) is 2. The lowest BCUT2D eigenvalue weighted by molar-refractivity contribution is -0.119. The van der Waals surface area contributed by atoms with Crippen LogP contribution in [0.3, 0.4) is 0 Å². The fourth-order valence-electron chi connectivity index (χ4n) is 3.10. The van der Waals surface area contributed by atoms with Crippen LogP contribution in [0.2, 0.25) is 0 Å². The Morgan fingerprint density at radius 2 is 1.56 bits per heavy atom. The molecule has 32 heavy (non-hydrogen) atoms. The minimum atomic E-state index is -0.114. The standard InChI is InChI=1S/C26H29N3O3/c1-19(2)32-24-15-9-20(10-16-24)17-28-25(30)18-27-22-13-11-21(12-14-22)26(31)29(3)23-7-5-4-6-8-23/h4-16,19,27H,17-18H2,1-3H3,(H,28,30). The van der Waals surface area contributed by atoms with Crippen LogP contribution in [0.4, 0.5) is 11.4 Å². The van der Waals surface area contributed by atoms with Gasteiger partial charge in [0.1, 0.15) is 5.75 Å². The van der Waals surface area contributed by atoms with Crippen molar-refractivity contribution < 1.29 is 14.3 Å². The molecule has 6 nitrogen and oxygen atoms in total. The first-order valence-corrected chi connectivity index (χ1v) is 10.6. The third kappa shape index (κ3) is 6.60. The van der Waals surface area contributed by atoms with E-state index in [2.05, 4.69) is 10.6 Å². The number of benzene rings is 3. The van der Waals surface area contributed by atoms with Crippen molar-refractivity contribution in [3.8, 4) is 5.75 Å². The fourth-order valence-corrected chi connectivity index (χ4v) is 3.10. The first kappa shape index (κ1) is 22.9. The predicted octanol–water partition coefficient (Wildman–Crippen LogP) is 4.48. The Balaban J connectivity index is 1.45. The lowest BCUT2D eigenvalue weighted by Gasteiger charge is -2.17. The molecule has 0 atom stereocenters. The third-order valence-electron chi connectivity index (χ3n) is 4.82. The van der Waals surface area contributed by atoms with E-state index in [9.17, 15) is 9.59 Å². The summed E-state index contributed by atoms with van der Waals surface area (Å²) in [5.74, 6) is 0.607. The summed E-state index contributed by atoms with van der Waals surface area (Å²) in [7, 11) is 1.75. The van der Waals surface area contributed by atoms with Gasteiger partial charge in [0.25, 0.3) is 5.91 Å². The number of ether oxygens (including phenoxy) is 1. The van der Waals surface area contributed by atoms with Crippen LogP contribution in [0.15, 0.2) is 78.9 Å². The Labute approximate surface area is 189 Å². The molecule has 0 unspecified atom stereocenters. The molecule has 0 aliphatic carbocycles. The minimum absolute atomic E-state index is 0.0923. The van der Waals surface area contributed by atoms with E-state index in [0.29, 0.717) is 12.1 Å². The highest BCUT2D eigenvalue weighted by Gasteiger charge is 2.13. The van der Waals surface area contributed by atoms with Gasteiger partial charge in [-0.05, 0) is 67.9 Å². The van der Waals surface area contributed by atoms with Gasteiger partial charge in [-0.2, -0.15) is 0 Å². The summed E-state index contributed by atoms with van der Waals surface area (Å²) >= 11 is 0. The number of carbonyl (C=O) groups excluding carboxylic acids is 2. The summed E-state index contributed by atoms with van der Waals surface area (Å²) in [4.78, 5) is 26.4. The molecule has 0 aliphatic heterocycles. The number of amides is 2. The molecule has 2 N–H and O–H groups in total. The van der Waals surface area contributed by atoms with Crippen LogP contribution in [0, 0.1) is 0 Å². The average Bonchev–Trinajstić information content (AvgIpc) is 2.82. The molecule has 6 heteroatoms. The molecule has 0 saturated carbocycles. The van der Waals surface area contributed by atoms with Gasteiger partial charge in [0.05, 0.1) is 12.6 Å². The summed E-state index contributed by atoms with van der Waals surface area (Å²) in [5, 5.41) is 5.97. The zero-order chi connectivity index (χ0) is 22.9. The summed E-state index contributed by atoms with van der Waals surface area (Å²) in [6, 6.07) is 24.3. The van der Waals surface area contributed by atoms with Crippen molar-refractivity contribution in [3.63, 3.8) is 0 Å². The molecular formula is C26H29N3O3.